The topological polar surface area (TPSA) is 25.8 Å². The lowest BCUT2D eigenvalue weighted by atomic mass is 10.3. The predicted octanol–water partition coefficient (Wildman–Crippen LogP) is 2.90. The third-order valence-corrected chi connectivity index (χ3v) is 1.37. The van der Waals surface area contributed by atoms with Crippen molar-refractivity contribution in [2.75, 3.05) is 0 Å². The highest BCUT2D eigenvalue weighted by atomic mass is 35.5. The summed E-state index contributed by atoms with van der Waals surface area (Å²) in [5, 5.41) is 0. The van der Waals surface area contributed by atoms with Crippen LogP contribution in [0.5, 0.6) is 0 Å². The molecule has 0 amide bonds. The van der Waals surface area contributed by atoms with E-state index in [4.69, 9.17) is 0 Å². The van der Waals surface area contributed by atoms with E-state index in [-0.39, 0.29) is 37.2 Å². The molecule has 0 saturated carbocycles. The summed E-state index contributed by atoms with van der Waals surface area (Å²) in [5.74, 6) is 0. The lowest BCUT2D eigenvalue weighted by molar-refractivity contribution is 1.34. The van der Waals surface area contributed by atoms with Crippen LogP contribution in [0.4, 0.5) is 0 Å². The first-order valence-corrected chi connectivity index (χ1v) is 3.12. The van der Waals surface area contributed by atoms with Gasteiger partial charge in [0.1, 0.15) is 0 Å². The monoisotopic (exact) mass is 238 g/mol. The molecule has 2 nitrogen and oxygen atoms in total. The van der Waals surface area contributed by atoms with Gasteiger partial charge in [-0.2, -0.15) is 0 Å². The Morgan fingerprint density at radius 2 is 1.08 bits per heavy atom. The Labute approximate surface area is 95.0 Å². The molecule has 13 heavy (non-hydrogen) atoms. The highest BCUT2D eigenvalue weighted by Gasteiger charge is 1.88. The van der Waals surface area contributed by atoms with E-state index in [1.807, 2.05) is 24.3 Å². The third kappa shape index (κ3) is 3.35. The molecule has 0 radical (unpaired) electrons. The molecule has 0 atom stereocenters. The molecule has 0 aliphatic rings. The van der Waals surface area contributed by atoms with Gasteiger partial charge in [-0.05, 0) is 24.3 Å². The fraction of sp³-hybridized carbons (Fsp3) is 0. The number of fused-ring (bicyclic) bond motifs is 1. The van der Waals surface area contributed by atoms with E-state index >= 15 is 0 Å². The van der Waals surface area contributed by atoms with Gasteiger partial charge in [-0.1, -0.05) is 0 Å². The highest BCUT2D eigenvalue weighted by Crippen LogP contribution is 2.04. The number of hydrogen-bond acceptors (Lipinski definition) is 2. The SMILES string of the molecule is Cl.Cl.Cl.c1cnc2cccnc2c1. The second kappa shape index (κ2) is 6.89. The molecule has 0 aliphatic heterocycles. The van der Waals surface area contributed by atoms with E-state index in [2.05, 4.69) is 9.97 Å². The molecule has 2 aromatic heterocycles. The Hall–Kier alpha value is -0.570. The molecule has 0 aromatic carbocycles. The van der Waals surface area contributed by atoms with Crippen molar-refractivity contribution in [1.82, 2.24) is 9.97 Å². The molecular weight excluding hydrogens is 230 g/mol. The minimum absolute atomic E-state index is 0. The summed E-state index contributed by atoms with van der Waals surface area (Å²) in [4.78, 5) is 8.24. The predicted molar refractivity (Wildman–Crippen MR) is 61.3 cm³/mol. The van der Waals surface area contributed by atoms with Gasteiger partial charge in [-0.3, -0.25) is 9.97 Å². The fourth-order valence-electron chi connectivity index (χ4n) is 0.904. The zero-order valence-electron chi connectivity index (χ0n) is 6.58. The van der Waals surface area contributed by atoms with Crippen LogP contribution >= 0.6 is 37.2 Å². The summed E-state index contributed by atoms with van der Waals surface area (Å²) in [6, 6.07) is 7.66. The van der Waals surface area contributed by atoms with Crippen LogP contribution in [0.25, 0.3) is 11.0 Å². The average molecular weight is 240 g/mol. The van der Waals surface area contributed by atoms with Gasteiger partial charge >= 0.3 is 0 Å². The maximum Gasteiger partial charge on any atom is 0.0886 e. The summed E-state index contributed by atoms with van der Waals surface area (Å²) >= 11 is 0. The van der Waals surface area contributed by atoms with Crippen LogP contribution in [-0.4, -0.2) is 9.97 Å². The maximum absolute atomic E-state index is 4.12. The zero-order chi connectivity index (χ0) is 6.81. The van der Waals surface area contributed by atoms with Gasteiger partial charge in [0.25, 0.3) is 0 Å². The molecule has 2 aromatic rings. The minimum Gasteiger partial charge on any atom is -0.255 e. The molecule has 0 fully saturated rings. The summed E-state index contributed by atoms with van der Waals surface area (Å²) in [5.41, 5.74) is 1.90. The Bertz CT molecular complexity index is 288. The van der Waals surface area contributed by atoms with Crippen LogP contribution < -0.4 is 0 Å². The summed E-state index contributed by atoms with van der Waals surface area (Å²) in [7, 11) is 0. The summed E-state index contributed by atoms with van der Waals surface area (Å²) in [6.07, 6.45) is 3.54. The Morgan fingerprint density at radius 1 is 0.692 bits per heavy atom. The van der Waals surface area contributed by atoms with Crippen LogP contribution in [0.3, 0.4) is 0 Å². The van der Waals surface area contributed by atoms with Crippen molar-refractivity contribution in [3.8, 4) is 0 Å². The van der Waals surface area contributed by atoms with Crippen LogP contribution in [0, 0.1) is 0 Å². The van der Waals surface area contributed by atoms with E-state index in [0.29, 0.717) is 0 Å². The molecule has 0 spiro atoms. The Kier molecular flexibility index (Phi) is 7.92. The van der Waals surface area contributed by atoms with Gasteiger partial charge in [0.05, 0.1) is 11.0 Å². The van der Waals surface area contributed by atoms with Gasteiger partial charge in [0, 0.05) is 12.4 Å². The Balaban J connectivity index is 0. The smallest absolute Gasteiger partial charge is 0.0886 e. The van der Waals surface area contributed by atoms with Crippen LogP contribution in [0.2, 0.25) is 0 Å². The lowest BCUT2D eigenvalue weighted by Crippen LogP contribution is -1.78. The van der Waals surface area contributed by atoms with Gasteiger partial charge in [-0.25, -0.2) is 0 Å². The molecule has 0 N–H and O–H groups in total. The van der Waals surface area contributed by atoms with E-state index in [9.17, 15) is 0 Å². The lowest BCUT2D eigenvalue weighted by Gasteiger charge is -1.90. The van der Waals surface area contributed by atoms with E-state index in [0.717, 1.165) is 11.0 Å². The van der Waals surface area contributed by atoms with Gasteiger partial charge < -0.3 is 0 Å². The van der Waals surface area contributed by atoms with Gasteiger partial charge in [0.2, 0.25) is 0 Å². The van der Waals surface area contributed by atoms with Crippen LogP contribution in [0.1, 0.15) is 0 Å². The van der Waals surface area contributed by atoms with Crippen molar-refractivity contribution in [2.45, 2.75) is 0 Å². The van der Waals surface area contributed by atoms with Crippen LogP contribution in [0.15, 0.2) is 36.7 Å². The van der Waals surface area contributed by atoms with Crippen molar-refractivity contribution in [2.24, 2.45) is 0 Å². The molecule has 0 saturated heterocycles. The minimum atomic E-state index is 0. The van der Waals surface area contributed by atoms with Crippen LogP contribution in [-0.2, 0) is 0 Å². The molecule has 72 valence electrons. The Morgan fingerprint density at radius 3 is 1.46 bits per heavy atom. The van der Waals surface area contributed by atoms with E-state index < -0.39 is 0 Å². The summed E-state index contributed by atoms with van der Waals surface area (Å²) < 4.78 is 0. The number of aromatic nitrogens is 2. The number of rotatable bonds is 0. The standard InChI is InChI=1S/C8H6N2.3ClH/c1-3-7-8(9-5-1)4-2-6-10-7;;;/h1-6H;3*1H. The van der Waals surface area contributed by atoms with Crippen molar-refractivity contribution in [3.63, 3.8) is 0 Å². The normalized spacial score (nSPS) is 7.69. The van der Waals surface area contributed by atoms with Gasteiger partial charge in [0.15, 0.2) is 0 Å². The van der Waals surface area contributed by atoms with Crippen molar-refractivity contribution < 1.29 is 0 Å². The first-order chi connectivity index (χ1) is 4.97. The quantitative estimate of drug-likeness (QED) is 0.706. The second-order valence-corrected chi connectivity index (χ2v) is 2.05. The van der Waals surface area contributed by atoms with E-state index in [1.54, 1.807) is 12.4 Å². The first kappa shape index (κ1) is 14.9. The van der Waals surface area contributed by atoms with Gasteiger partial charge in [-0.15, -0.1) is 37.2 Å². The molecule has 2 rings (SSSR count). The zero-order valence-corrected chi connectivity index (χ0v) is 9.03. The highest BCUT2D eigenvalue weighted by molar-refractivity contribution is 5.86. The van der Waals surface area contributed by atoms with Crippen molar-refractivity contribution in [3.05, 3.63) is 36.7 Å². The third-order valence-electron chi connectivity index (χ3n) is 1.37. The van der Waals surface area contributed by atoms with Crippen molar-refractivity contribution in [1.29, 1.82) is 0 Å². The number of nitrogens with zero attached hydrogens (tertiary/aromatic N) is 2. The molecule has 0 bridgehead atoms. The average Bonchev–Trinajstić information content (AvgIpc) is 2.05. The first-order valence-electron chi connectivity index (χ1n) is 3.12. The molecule has 5 heteroatoms. The second-order valence-electron chi connectivity index (χ2n) is 2.05. The molecule has 2 heterocycles. The van der Waals surface area contributed by atoms with E-state index in [1.165, 1.54) is 0 Å². The number of pyridine rings is 2. The number of halogens is 3. The molecular formula is C8H9Cl3N2. The molecule has 0 unspecified atom stereocenters. The molecule has 0 aliphatic carbocycles. The number of hydrogen-bond donors (Lipinski definition) is 0. The largest absolute Gasteiger partial charge is 0.255 e. The maximum atomic E-state index is 4.12. The fourth-order valence-corrected chi connectivity index (χ4v) is 0.904. The summed E-state index contributed by atoms with van der Waals surface area (Å²) in [6.45, 7) is 0. The van der Waals surface area contributed by atoms with Crippen molar-refractivity contribution >= 4 is 48.3 Å².